The molecule has 0 unspecified atom stereocenters. The zero-order chi connectivity index (χ0) is 23.5. The number of methoxy groups -OCH3 is 1. The zero-order valence-corrected chi connectivity index (χ0v) is 19.5. The fraction of sp³-hybridized carbons (Fsp3) is 0.0400. The predicted molar refractivity (Wildman–Crippen MR) is 133 cm³/mol. The van der Waals surface area contributed by atoms with Crippen LogP contribution in [0.3, 0.4) is 0 Å². The zero-order valence-electron chi connectivity index (χ0n) is 17.3. The van der Waals surface area contributed by atoms with Gasteiger partial charge in [-0.1, -0.05) is 53.0 Å². The number of H-pyrrole nitrogens is 1. The van der Waals surface area contributed by atoms with Gasteiger partial charge < -0.3 is 14.8 Å². The first-order valence-electron chi connectivity index (χ1n) is 9.76. The summed E-state index contributed by atoms with van der Waals surface area (Å²) in [7, 11) is 1.60. The summed E-state index contributed by atoms with van der Waals surface area (Å²) < 4.78 is 5.25. The average Bonchev–Trinajstić information content (AvgIpc) is 3.23. The van der Waals surface area contributed by atoms with E-state index in [9.17, 15) is 9.90 Å². The van der Waals surface area contributed by atoms with E-state index in [0.29, 0.717) is 43.6 Å². The quantitative estimate of drug-likeness (QED) is 0.272. The number of aromatic nitrogens is 2. The van der Waals surface area contributed by atoms with Crippen molar-refractivity contribution in [3.8, 4) is 28.3 Å². The van der Waals surface area contributed by atoms with Gasteiger partial charge in [-0.2, -0.15) is 0 Å². The standard InChI is InChI=1S/C25H17Cl3N2O3/c1-33-18-8-5-14(6-9-18)23-24(16-7-10-20(27)21(28)12-16)30-22(29-23)13-19(25(31)32)15-3-2-4-17(26)11-15/h2-13H,1H3,(H,29,30)(H,31,32)/b19-13+. The van der Waals surface area contributed by atoms with E-state index in [1.54, 1.807) is 49.6 Å². The summed E-state index contributed by atoms with van der Waals surface area (Å²) in [5, 5.41) is 11.1. The highest BCUT2D eigenvalue weighted by Crippen LogP contribution is 2.35. The Labute approximate surface area is 205 Å². The Bertz CT molecular complexity index is 1360. The number of hydrogen-bond donors (Lipinski definition) is 2. The number of aliphatic carboxylic acids is 1. The van der Waals surface area contributed by atoms with Crippen LogP contribution in [-0.4, -0.2) is 28.2 Å². The number of rotatable bonds is 6. The lowest BCUT2D eigenvalue weighted by Crippen LogP contribution is -2.00. The van der Waals surface area contributed by atoms with Crippen LogP contribution in [0.2, 0.25) is 15.1 Å². The number of carboxylic acids is 1. The third kappa shape index (κ3) is 5.06. The Balaban J connectivity index is 1.88. The number of nitrogens with one attached hydrogen (secondary N) is 1. The van der Waals surface area contributed by atoms with Gasteiger partial charge in [0.05, 0.1) is 34.1 Å². The Morgan fingerprint density at radius 2 is 1.70 bits per heavy atom. The molecule has 3 aromatic carbocycles. The molecule has 1 aromatic heterocycles. The smallest absolute Gasteiger partial charge is 0.336 e. The summed E-state index contributed by atoms with van der Waals surface area (Å²) in [6, 6.07) is 19.3. The van der Waals surface area contributed by atoms with E-state index in [-0.39, 0.29) is 5.57 Å². The van der Waals surface area contributed by atoms with Crippen molar-refractivity contribution in [3.63, 3.8) is 0 Å². The van der Waals surface area contributed by atoms with Crippen LogP contribution in [-0.2, 0) is 4.79 Å². The summed E-state index contributed by atoms with van der Waals surface area (Å²) in [5.41, 5.74) is 3.37. The topological polar surface area (TPSA) is 75.2 Å². The molecule has 4 rings (SSSR count). The summed E-state index contributed by atoms with van der Waals surface area (Å²) in [4.78, 5) is 19.9. The van der Waals surface area contributed by atoms with Gasteiger partial charge in [0.15, 0.2) is 0 Å². The van der Waals surface area contributed by atoms with E-state index in [1.165, 1.54) is 6.08 Å². The first-order chi connectivity index (χ1) is 15.9. The Morgan fingerprint density at radius 3 is 2.33 bits per heavy atom. The van der Waals surface area contributed by atoms with E-state index >= 15 is 0 Å². The first-order valence-corrected chi connectivity index (χ1v) is 10.9. The number of halogens is 3. The second-order valence-corrected chi connectivity index (χ2v) is 8.33. The van der Waals surface area contributed by atoms with Crippen molar-refractivity contribution < 1.29 is 14.6 Å². The van der Waals surface area contributed by atoms with E-state index < -0.39 is 5.97 Å². The van der Waals surface area contributed by atoms with Crippen LogP contribution in [0, 0.1) is 0 Å². The number of imidazole rings is 1. The maximum absolute atomic E-state index is 12.0. The summed E-state index contributed by atoms with van der Waals surface area (Å²) >= 11 is 18.4. The van der Waals surface area contributed by atoms with Crippen molar-refractivity contribution in [3.05, 3.63) is 93.2 Å². The van der Waals surface area contributed by atoms with E-state index in [4.69, 9.17) is 39.5 Å². The molecule has 0 fully saturated rings. The number of aromatic amines is 1. The lowest BCUT2D eigenvalue weighted by molar-refractivity contribution is -0.130. The molecule has 8 heteroatoms. The molecule has 166 valence electrons. The van der Waals surface area contributed by atoms with Gasteiger partial charge in [0.1, 0.15) is 11.6 Å². The highest BCUT2D eigenvalue weighted by atomic mass is 35.5. The lowest BCUT2D eigenvalue weighted by Gasteiger charge is -2.06. The molecule has 4 aromatic rings. The molecule has 2 N–H and O–H groups in total. The van der Waals surface area contributed by atoms with Crippen molar-refractivity contribution >= 4 is 52.4 Å². The molecule has 0 bridgehead atoms. The van der Waals surface area contributed by atoms with Crippen LogP contribution in [0.4, 0.5) is 0 Å². The Kier molecular flexibility index (Phi) is 6.75. The number of carboxylic acid groups (broad SMARTS) is 1. The van der Waals surface area contributed by atoms with Crippen molar-refractivity contribution in [1.29, 1.82) is 0 Å². The van der Waals surface area contributed by atoms with Crippen LogP contribution >= 0.6 is 34.8 Å². The molecule has 0 saturated carbocycles. The number of nitrogens with zero attached hydrogens (tertiary/aromatic N) is 1. The molecule has 0 aliphatic heterocycles. The van der Waals surface area contributed by atoms with Crippen molar-refractivity contribution in [2.24, 2.45) is 0 Å². The number of hydrogen-bond acceptors (Lipinski definition) is 3. The Morgan fingerprint density at radius 1 is 0.970 bits per heavy atom. The molecule has 0 aliphatic rings. The van der Waals surface area contributed by atoms with Crippen LogP contribution < -0.4 is 4.74 Å². The van der Waals surface area contributed by atoms with E-state index in [0.717, 1.165) is 11.1 Å². The molecule has 0 radical (unpaired) electrons. The molecule has 0 atom stereocenters. The molecule has 1 heterocycles. The van der Waals surface area contributed by atoms with Crippen LogP contribution in [0.5, 0.6) is 5.75 Å². The molecule has 0 aliphatic carbocycles. The lowest BCUT2D eigenvalue weighted by atomic mass is 10.1. The molecular weight excluding hydrogens is 483 g/mol. The van der Waals surface area contributed by atoms with Gasteiger partial charge in [0, 0.05) is 16.1 Å². The van der Waals surface area contributed by atoms with Gasteiger partial charge in [0.25, 0.3) is 0 Å². The van der Waals surface area contributed by atoms with Gasteiger partial charge in [-0.05, 0) is 60.2 Å². The van der Waals surface area contributed by atoms with Crippen molar-refractivity contribution in [1.82, 2.24) is 9.97 Å². The second kappa shape index (κ2) is 9.71. The number of ether oxygens (including phenoxy) is 1. The largest absolute Gasteiger partial charge is 0.497 e. The van der Waals surface area contributed by atoms with Gasteiger partial charge in [0.2, 0.25) is 0 Å². The molecular formula is C25H17Cl3N2O3. The van der Waals surface area contributed by atoms with E-state index in [2.05, 4.69) is 9.97 Å². The predicted octanol–water partition coefficient (Wildman–Crippen LogP) is 7.34. The van der Waals surface area contributed by atoms with Crippen LogP contribution in [0.25, 0.3) is 34.2 Å². The van der Waals surface area contributed by atoms with Crippen LogP contribution in [0.15, 0.2) is 66.7 Å². The van der Waals surface area contributed by atoms with Gasteiger partial charge in [-0.3, -0.25) is 0 Å². The summed E-state index contributed by atoms with van der Waals surface area (Å²) in [5.74, 6) is -0.0291. The molecule has 0 amide bonds. The number of benzene rings is 3. The fourth-order valence-electron chi connectivity index (χ4n) is 3.34. The number of carbonyl (C=O) groups is 1. The SMILES string of the molecule is COc1ccc(-c2[nH]c(/C=C(/C(=O)O)c3cccc(Cl)c3)nc2-c2ccc(Cl)c(Cl)c2)cc1. The average molecular weight is 500 g/mol. The third-order valence-corrected chi connectivity index (χ3v) is 5.92. The monoisotopic (exact) mass is 498 g/mol. The third-order valence-electron chi connectivity index (χ3n) is 4.94. The second-order valence-electron chi connectivity index (χ2n) is 7.08. The maximum Gasteiger partial charge on any atom is 0.336 e. The molecule has 5 nitrogen and oxygen atoms in total. The van der Waals surface area contributed by atoms with Gasteiger partial charge in [-0.15, -0.1) is 0 Å². The normalized spacial score (nSPS) is 11.5. The molecule has 33 heavy (non-hydrogen) atoms. The highest BCUT2D eigenvalue weighted by Gasteiger charge is 2.17. The van der Waals surface area contributed by atoms with Crippen molar-refractivity contribution in [2.75, 3.05) is 7.11 Å². The van der Waals surface area contributed by atoms with Gasteiger partial charge >= 0.3 is 5.97 Å². The minimum atomic E-state index is -1.10. The van der Waals surface area contributed by atoms with Crippen LogP contribution in [0.1, 0.15) is 11.4 Å². The van der Waals surface area contributed by atoms with Crippen molar-refractivity contribution in [2.45, 2.75) is 0 Å². The van der Waals surface area contributed by atoms with Gasteiger partial charge in [-0.25, -0.2) is 9.78 Å². The van der Waals surface area contributed by atoms with E-state index in [1.807, 2.05) is 24.3 Å². The Hall–Kier alpha value is -3.25. The minimum absolute atomic E-state index is 0.0493. The fourth-order valence-corrected chi connectivity index (χ4v) is 3.83. The minimum Gasteiger partial charge on any atom is -0.497 e. The highest BCUT2D eigenvalue weighted by molar-refractivity contribution is 6.42. The summed E-state index contributed by atoms with van der Waals surface area (Å²) in [6.07, 6.45) is 1.47. The summed E-state index contributed by atoms with van der Waals surface area (Å²) in [6.45, 7) is 0. The maximum atomic E-state index is 12.0. The molecule has 0 spiro atoms. The molecule has 0 saturated heterocycles. The first kappa shape index (κ1) is 22.9.